The van der Waals surface area contributed by atoms with Crippen LogP contribution in [0.2, 0.25) is 0 Å². The lowest BCUT2D eigenvalue weighted by molar-refractivity contribution is 0.193. The third-order valence-electron chi connectivity index (χ3n) is 2.86. The van der Waals surface area contributed by atoms with Gasteiger partial charge in [-0.1, -0.05) is 6.07 Å². The zero-order valence-corrected chi connectivity index (χ0v) is 9.87. The van der Waals surface area contributed by atoms with Crippen LogP contribution in [0.3, 0.4) is 0 Å². The van der Waals surface area contributed by atoms with E-state index in [9.17, 15) is 8.78 Å². The Morgan fingerprint density at radius 3 is 2.12 bits per heavy atom. The average Bonchev–Trinajstić information content (AvgIpc) is 2.22. The number of rotatable bonds is 4. The summed E-state index contributed by atoms with van der Waals surface area (Å²) in [4.78, 5) is 1.86. The van der Waals surface area contributed by atoms with Gasteiger partial charge in [0.25, 0.3) is 0 Å². The molecule has 0 bridgehead atoms. The molecule has 90 valence electrons. The normalized spacial score (nSPS) is 13.5. The highest BCUT2D eigenvalue weighted by Crippen LogP contribution is 2.25. The molecule has 16 heavy (non-hydrogen) atoms. The molecule has 1 aromatic rings. The van der Waals surface area contributed by atoms with Crippen molar-refractivity contribution in [2.45, 2.75) is 25.9 Å². The molecule has 4 heteroatoms. The minimum absolute atomic E-state index is 0.0567. The molecule has 0 fully saturated rings. The fourth-order valence-electron chi connectivity index (χ4n) is 1.68. The van der Waals surface area contributed by atoms with Crippen LogP contribution in [0.25, 0.3) is 0 Å². The van der Waals surface area contributed by atoms with Gasteiger partial charge in [0, 0.05) is 18.2 Å². The van der Waals surface area contributed by atoms with Crippen molar-refractivity contribution in [3.05, 3.63) is 35.4 Å². The largest absolute Gasteiger partial charge is 0.329 e. The molecule has 1 rings (SSSR count). The van der Waals surface area contributed by atoms with Crippen molar-refractivity contribution in [1.82, 2.24) is 4.90 Å². The van der Waals surface area contributed by atoms with Crippen LogP contribution in [0.4, 0.5) is 8.78 Å². The molecule has 0 aromatic heterocycles. The second-order valence-electron chi connectivity index (χ2n) is 4.15. The summed E-state index contributed by atoms with van der Waals surface area (Å²) in [6, 6.07) is 3.62. The highest BCUT2D eigenvalue weighted by molar-refractivity contribution is 5.23. The first kappa shape index (κ1) is 13.1. The quantitative estimate of drug-likeness (QED) is 0.856. The van der Waals surface area contributed by atoms with Gasteiger partial charge in [0.05, 0.1) is 6.04 Å². The molecule has 0 amide bonds. The Hall–Kier alpha value is -1.00. The maximum Gasteiger partial charge on any atom is 0.130 e. The van der Waals surface area contributed by atoms with Gasteiger partial charge in [0.2, 0.25) is 0 Å². The topological polar surface area (TPSA) is 29.3 Å². The molecule has 2 nitrogen and oxygen atoms in total. The second kappa shape index (κ2) is 5.37. The van der Waals surface area contributed by atoms with E-state index in [2.05, 4.69) is 0 Å². The summed E-state index contributed by atoms with van der Waals surface area (Å²) < 4.78 is 27.2. The first-order valence-electron chi connectivity index (χ1n) is 5.35. The Balaban J connectivity index is 3.13. The van der Waals surface area contributed by atoms with Gasteiger partial charge < -0.3 is 5.73 Å². The van der Waals surface area contributed by atoms with Gasteiger partial charge in [-0.3, -0.25) is 4.90 Å². The highest BCUT2D eigenvalue weighted by Gasteiger charge is 2.23. The number of hydrogen-bond donors (Lipinski definition) is 1. The third-order valence-corrected chi connectivity index (χ3v) is 2.86. The Morgan fingerprint density at radius 1 is 1.25 bits per heavy atom. The summed E-state index contributed by atoms with van der Waals surface area (Å²) in [5.41, 5.74) is 5.66. The fraction of sp³-hybridized carbons (Fsp3) is 0.500. The van der Waals surface area contributed by atoms with E-state index < -0.39 is 17.7 Å². The second-order valence-corrected chi connectivity index (χ2v) is 4.15. The zero-order valence-electron chi connectivity index (χ0n) is 9.87. The molecule has 0 aliphatic heterocycles. The molecule has 1 unspecified atom stereocenters. The fourth-order valence-corrected chi connectivity index (χ4v) is 1.68. The summed E-state index contributed by atoms with van der Waals surface area (Å²) >= 11 is 0. The van der Waals surface area contributed by atoms with Crippen LogP contribution in [0.5, 0.6) is 0 Å². The Morgan fingerprint density at radius 2 is 1.75 bits per heavy atom. The van der Waals surface area contributed by atoms with Crippen LogP contribution in [0.15, 0.2) is 18.2 Å². The van der Waals surface area contributed by atoms with Gasteiger partial charge in [-0.05, 0) is 33.0 Å². The molecule has 0 heterocycles. The predicted molar refractivity (Wildman–Crippen MR) is 61.1 cm³/mol. The molecule has 0 saturated heterocycles. The minimum Gasteiger partial charge on any atom is -0.329 e. The van der Waals surface area contributed by atoms with E-state index in [0.717, 1.165) is 0 Å². The minimum atomic E-state index is -0.539. The van der Waals surface area contributed by atoms with Crippen LogP contribution in [0, 0.1) is 11.6 Å². The lowest BCUT2D eigenvalue weighted by Crippen LogP contribution is -2.36. The number of benzene rings is 1. The van der Waals surface area contributed by atoms with E-state index in [1.165, 1.54) is 18.2 Å². The summed E-state index contributed by atoms with van der Waals surface area (Å²) in [5.74, 6) is -1.08. The van der Waals surface area contributed by atoms with Crippen LogP contribution in [-0.2, 0) is 0 Å². The molecule has 1 atom stereocenters. The molecular weight excluding hydrogens is 210 g/mol. The monoisotopic (exact) mass is 228 g/mol. The Labute approximate surface area is 95.1 Å². The van der Waals surface area contributed by atoms with Crippen molar-refractivity contribution in [3.8, 4) is 0 Å². The van der Waals surface area contributed by atoms with Crippen molar-refractivity contribution in [2.75, 3.05) is 13.6 Å². The summed E-state index contributed by atoms with van der Waals surface area (Å²) in [6.45, 7) is 4.11. The van der Waals surface area contributed by atoms with E-state index >= 15 is 0 Å². The number of hydrogen-bond acceptors (Lipinski definition) is 2. The molecule has 0 aliphatic carbocycles. The van der Waals surface area contributed by atoms with Crippen LogP contribution in [0.1, 0.15) is 25.5 Å². The number of nitrogens with zero attached hydrogens (tertiary/aromatic N) is 1. The number of nitrogens with two attached hydrogens (primary N) is 1. The van der Waals surface area contributed by atoms with E-state index in [-0.39, 0.29) is 18.2 Å². The maximum atomic E-state index is 13.6. The summed E-state index contributed by atoms with van der Waals surface area (Å²) in [5, 5.41) is 0. The maximum absolute atomic E-state index is 13.6. The lowest BCUT2D eigenvalue weighted by Gasteiger charge is -2.31. The van der Waals surface area contributed by atoms with Gasteiger partial charge in [-0.25, -0.2) is 8.78 Å². The standard InChI is InChI=1S/C12H18F2N2/c1-8(2)16(3)11(7-15)12-9(13)5-4-6-10(12)14/h4-6,8,11H,7,15H2,1-3H3. The molecule has 2 N–H and O–H groups in total. The zero-order chi connectivity index (χ0) is 12.3. The van der Waals surface area contributed by atoms with Crippen LogP contribution < -0.4 is 5.73 Å². The molecule has 0 aliphatic rings. The van der Waals surface area contributed by atoms with Gasteiger partial charge >= 0.3 is 0 Å². The molecular formula is C12H18F2N2. The van der Waals surface area contributed by atoms with E-state index in [0.29, 0.717) is 0 Å². The predicted octanol–water partition coefficient (Wildman–Crippen LogP) is 2.30. The Kier molecular flexibility index (Phi) is 4.38. The first-order valence-corrected chi connectivity index (χ1v) is 5.35. The smallest absolute Gasteiger partial charge is 0.130 e. The van der Waals surface area contributed by atoms with Crippen molar-refractivity contribution in [3.63, 3.8) is 0 Å². The molecule has 0 saturated carbocycles. The van der Waals surface area contributed by atoms with Gasteiger partial charge in [-0.15, -0.1) is 0 Å². The first-order chi connectivity index (χ1) is 7.49. The lowest BCUT2D eigenvalue weighted by atomic mass is 10.0. The van der Waals surface area contributed by atoms with Gasteiger partial charge in [0.15, 0.2) is 0 Å². The van der Waals surface area contributed by atoms with Crippen molar-refractivity contribution >= 4 is 0 Å². The van der Waals surface area contributed by atoms with E-state index in [1.54, 1.807) is 0 Å². The summed E-state index contributed by atoms with van der Waals surface area (Å²) in [7, 11) is 1.81. The summed E-state index contributed by atoms with van der Waals surface area (Å²) in [6.07, 6.45) is 0. The van der Waals surface area contributed by atoms with Crippen LogP contribution >= 0.6 is 0 Å². The van der Waals surface area contributed by atoms with E-state index in [1.807, 2.05) is 25.8 Å². The third kappa shape index (κ3) is 2.57. The van der Waals surface area contributed by atoms with Gasteiger partial charge in [0.1, 0.15) is 11.6 Å². The Bertz CT molecular complexity index is 333. The van der Waals surface area contributed by atoms with Gasteiger partial charge in [-0.2, -0.15) is 0 Å². The van der Waals surface area contributed by atoms with E-state index in [4.69, 9.17) is 5.73 Å². The van der Waals surface area contributed by atoms with Crippen LogP contribution in [-0.4, -0.2) is 24.5 Å². The average molecular weight is 228 g/mol. The number of likely N-dealkylation sites (N-methyl/N-ethyl adjacent to an activating group) is 1. The van der Waals surface area contributed by atoms with Crippen molar-refractivity contribution in [2.24, 2.45) is 5.73 Å². The SMILES string of the molecule is CC(C)N(C)C(CN)c1c(F)cccc1F. The molecule has 1 aromatic carbocycles. The highest BCUT2D eigenvalue weighted by atomic mass is 19.1. The molecule has 0 radical (unpaired) electrons. The van der Waals surface area contributed by atoms with Crippen molar-refractivity contribution < 1.29 is 8.78 Å². The number of halogens is 2. The molecule has 0 spiro atoms. The van der Waals surface area contributed by atoms with Crippen molar-refractivity contribution in [1.29, 1.82) is 0 Å².